The summed E-state index contributed by atoms with van der Waals surface area (Å²) in [6.45, 7) is 2.44. The Bertz CT molecular complexity index is 412. The largest absolute Gasteiger partial charge is 0.481 e. The average molecular weight is 236 g/mol. The molecule has 1 unspecified atom stereocenters. The lowest BCUT2D eigenvalue weighted by Gasteiger charge is -2.24. The van der Waals surface area contributed by atoms with Gasteiger partial charge < -0.3 is 15.4 Å². The molecule has 1 saturated heterocycles. The van der Waals surface area contributed by atoms with E-state index < -0.39 is 0 Å². The molecular weight excluding hydrogens is 220 g/mol. The van der Waals surface area contributed by atoms with Gasteiger partial charge in [0.15, 0.2) is 0 Å². The van der Waals surface area contributed by atoms with Crippen LogP contribution in [0.4, 0.5) is 5.82 Å². The molecule has 2 heterocycles. The van der Waals surface area contributed by atoms with Gasteiger partial charge in [0.1, 0.15) is 11.6 Å². The molecule has 1 aromatic heterocycles. The highest BCUT2D eigenvalue weighted by Crippen LogP contribution is 2.15. The fraction of sp³-hybridized carbons (Fsp3) is 0.545. The van der Waals surface area contributed by atoms with Crippen LogP contribution in [0.5, 0.6) is 5.88 Å². The molecule has 6 heteroatoms. The van der Waals surface area contributed by atoms with Crippen LogP contribution in [0.2, 0.25) is 0 Å². The lowest BCUT2D eigenvalue weighted by atomic mass is 10.1. The number of methoxy groups -OCH3 is 1. The van der Waals surface area contributed by atoms with E-state index in [0.717, 1.165) is 12.2 Å². The van der Waals surface area contributed by atoms with Crippen molar-refractivity contribution in [3.05, 3.63) is 11.9 Å². The van der Waals surface area contributed by atoms with Crippen LogP contribution >= 0.6 is 0 Å². The van der Waals surface area contributed by atoms with E-state index in [1.807, 2.05) is 6.92 Å². The van der Waals surface area contributed by atoms with Crippen molar-refractivity contribution in [1.29, 1.82) is 0 Å². The summed E-state index contributed by atoms with van der Waals surface area (Å²) in [6.07, 6.45) is 1.37. The number of aryl methyl sites for hydroxylation is 1. The second-order valence-electron chi connectivity index (χ2n) is 4.03. The van der Waals surface area contributed by atoms with Gasteiger partial charge in [-0.05, 0) is 13.3 Å². The summed E-state index contributed by atoms with van der Waals surface area (Å²) in [5, 5.41) is 6.09. The molecule has 0 spiro atoms. The van der Waals surface area contributed by atoms with Crippen molar-refractivity contribution in [1.82, 2.24) is 15.3 Å². The molecule has 1 aromatic rings. The van der Waals surface area contributed by atoms with Crippen molar-refractivity contribution >= 4 is 11.7 Å². The van der Waals surface area contributed by atoms with Gasteiger partial charge in [-0.2, -0.15) is 4.98 Å². The van der Waals surface area contributed by atoms with Crippen LogP contribution in [0.1, 0.15) is 18.7 Å². The highest BCUT2D eigenvalue weighted by Gasteiger charge is 2.18. The zero-order chi connectivity index (χ0) is 12.3. The number of anilines is 1. The van der Waals surface area contributed by atoms with Gasteiger partial charge in [-0.1, -0.05) is 0 Å². The molecule has 0 aliphatic carbocycles. The van der Waals surface area contributed by atoms with E-state index in [0.29, 0.717) is 24.7 Å². The molecule has 6 nitrogen and oxygen atoms in total. The molecule has 2 rings (SSSR count). The third-order valence-corrected chi connectivity index (χ3v) is 2.64. The topological polar surface area (TPSA) is 76.1 Å². The number of hydrogen-bond donors (Lipinski definition) is 2. The number of rotatable bonds is 3. The van der Waals surface area contributed by atoms with Gasteiger partial charge in [-0.25, -0.2) is 4.98 Å². The standard InChI is InChI=1S/C11H16N4O2/c1-7-13-9(5-11(14-7)17-2)15-8-3-4-10(16)12-6-8/h5,8H,3-4,6H2,1-2H3,(H,12,16)(H,13,14,15). The van der Waals surface area contributed by atoms with Gasteiger partial charge in [-0.15, -0.1) is 0 Å². The fourth-order valence-electron chi connectivity index (χ4n) is 1.78. The van der Waals surface area contributed by atoms with Crippen molar-refractivity contribution in [2.75, 3.05) is 19.0 Å². The minimum Gasteiger partial charge on any atom is -0.481 e. The molecule has 92 valence electrons. The Kier molecular flexibility index (Phi) is 3.41. The van der Waals surface area contributed by atoms with Crippen LogP contribution < -0.4 is 15.4 Å². The number of carbonyl (C=O) groups excluding carboxylic acids is 1. The highest BCUT2D eigenvalue weighted by molar-refractivity contribution is 5.76. The van der Waals surface area contributed by atoms with E-state index in [1.165, 1.54) is 0 Å². The Morgan fingerprint density at radius 3 is 3.00 bits per heavy atom. The number of nitrogens with one attached hydrogen (secondary N) is 2. The van der Waals surface area contributed by atoms with Crippen LogP contribution in [0.15, 0.2) is 6.07 Å². The summed E-state index contributed by atoms with van der Waals surface area (Å²) in [5.41, 5.74) is 0. The average Bonchev–Trinajstić information content (AvgIpc) is 2.31. The normalized spacial score (nSPS) is 19.6. The lowest BCUT2D eigenvalue weighted by molar-refractivity contribution is -0.122. The molecule has 17 heavy (non-hydrogen) atoms. The molecule has 0 radical (unpaired) electrons. The van der Waals surface area contributed by atoms with E-state index >= 15 is 0 Å². The number of hydrogen-bond acceptors (Lipinski definition) is 5. The third-order valence-electron chi connectivity index (χ3n) is 2.64. The van der Waals surface area contributed by atoms with Crippen molar-refractivity contribution < 1.29 is 9.53 Å². The maximum atomic E-state index is 11.0. The smallest absolute Gasteiger partial charge is 0.220 e. The van der Waals surface area contributed by atoms with Crippen LogP contribution in [-0.4, -0.2) is 35.6 Å². The summed E-state index contributed by atoms with van der Waals surface area (Å²) in [5.74, 6) is 2.04. The highest BCUT2D eigenvalue weighted by atomic mass is 16.5. The second kappa shape index (κ2) is 4.99. The van der Waals surface area contributed by atoms with Crippen molar-refractivity contribution in [2.45, 2.75) is 25.8 Å². The molecule has 1 atom stereocenters. The minimum atomic E-state index is 0.111. The molecule has 2 N–H and O–H groups in total. The number of piperidine rings is 1. The maximum Gasteiger partial charge on any atom is 0.220 e. The monoisotopic (exact) mass is 236 g/mol. The van der Waals surface area contributed by atoms with E-state index in [4.69, 9.17) is 4.74 Å². The van der Waals surface area contributed by atoms with E-state index in [2.05, 4.69) is 20.6 Å². The van der Waals surface area contributed by atoms with Crippen molar-refractivity contribution in [3.63, 3.8) is 0 Å². The van der Waals surface area contributed by atoms with E-state index in [9.17, 15) is 4.79 Å². The Morgan fingerprint density at radius 2 is 2.35 bits per heavy atom. The number of nitrogens with zero attached hydrogens (tertiary/aromatic N) is 2. The van der Waals surface area contributed by atoms with Crippen molar-refractivity contribution in [2.24, 2.45) is 0 Å². The Labute approximate surface area is 99.8 Å². The van der Waals surface area contributed by atoms with Crippen LogP contribution in [0, 0.1) is 6.92 Å². The predicted molar refractivity (Wildman–Crippen MR) is 63.0 cm³/mol. The van der Waals surface area contributed by atoms with Crippen LogP contribution in [-0.2, 0) is 4.79 Å². The number of aromatic nitrogens is 2. The SMILES string of the molecule is COc1cc(NC2CCC(=O)NC2)nc(C)n1. The van der Waals surface area contributed by atoms with Crippen LogP contribution in [0.25, 0.3) is 0 Å². The van der Waals surface area contributed by atoms with Crippen molar-refractivity contribution in [3.8, 4) is 5.88 Å². The molecule has 1 aliphatic heterocycles. The maximum absolute atomic E-state index is 11.0. The summed E-state index contributed by atoms with van der Waals surface area (Å²) in [7, 11) is 1.58. The van der Waals surface area contributed by atoms with Gasteiger partial charge in [0.2, 0.25) is 11.8 Å². The first kappa shape index (κ1) is 11.6. The molecular formula is C11H16N4O2. The number of ether oxygens (including phenoxy) is 1. The second-order valence-corrected chi connectivity index (χ2v) is 4.03. The summed E-state index contributed by atoms with van der Waals surface area (Å²) in [4.78, 5) is 19.4. The zero-order valence-electron chi connectivity index (χ0n) is 9.99. The summed E-state index contributed by atoms with van der Waals surface area (Å²) >= 11 is 0. The molecule has 0 aromatic carbocycles. The summed E-state index contributed by atoms with van der Waals surface area (Å²) in [6, 6.07) is 1.97. The summed E-state index contributed by atoms with van der Waals surface area (Å²) < 4.78 is 5.08. The van der Waals surface area contributed by atoms with Gasteiger partial charge in [0, 0.05) is 25.1 Å². The fourth-order valence-corrected chi connectivity index (χ4v) is 1.78. The molecule has 0 bridgehead atoms. The zero-order valence-corrected chi connectivity index (χ0v) is 9.99. The number of amides is 1. The first-order valence-electron chi connectivity index (χ1n) is 5.60. The first-order valence-corrected chi connectivity index (χ1v) is 5.60. The first-order chi connectivity index (χ1) is 8.17. The lowest BCUT2D eigenvalue weighted by Crippen LogP contribution is -2.42. The van der Waals surface area contributed by atoms with Gasteiger partial charge in [0.05, 0.1) is 7.11 Å². The van der Waals surface area contributed by atoms with Gasteiger partial charge in [0.25, 0.3) is 0 Å². The molecule has 1 fully saturated rings. The minimum absolute atomic E-state index is 0.111. The van der Waals surface area contributed by atoms with E-state index in [1.54, 1.807) is 13.2 Å². The van der Waals surface area contributed by atoms with Gasteiger partial charge >= 0.3 is 0 Å². The Balaban J connectivity index is 2.02. The van der Waals surface area contributed by atoms with E-state index in [-0.39, 0.29) is 11.9 Å². The quantitative estimate of drug-likeness (QED) is 0.798. The van der Waals surface area contributed by atoms with Crippen LogP contribution in [0.3, 0.4) is 0 Å². The Hall–Kier alpha value is -1.85. The van der Waals surface area contributed by atoms with Gasteiger partial charge in [-0.3, -0.25) is 4.79 Å². The molecule has 0 saturated carbocycles. The number of carbonyl (C=O) groups is 1. The molecule has 1 amide bonds. The Morgan fingerprint density at radius 1 is 1.53 bits per heavy atom. The predicted octanol–water partition coefficient (Wildman–Crippen LogP) is 0.484. The molecule has 1 aliphatic rings. The third kappa shape index (κ3) is 3.05.